The summed E-state index contributed by atoms with van der Waals surface area (Å²) >= 11 is 0. The first kappa shape index (κ1) is 15.4. The highest BCUT2D eigenvalue weighted by molar-refractivity contribution is 5.31. The largest absolute Gasteiger partial charge is 0.385 e. The van der Waals surface area contributed by atoms with E-state index in [2.05, 4.69) is 29.6 Å². The van der Waals surface area contributed by atoms with Crippen molar-refractivity contribution >= 4 is 0 Å². The fraction of sp³-hybridized carbons (Fsp3) is 0.625. The molecule has 0 amide bonds. The first-order valence-electron chi connectivity index (χ1n) is 7.49. The SMILES string of the molecule is COCC[NH2+]C[C@@H](O)CO[C@@H]1CCCc2ccccc21. The summed E-state index contributed by atoms with van der Waals surface area (Å²) in [6.45, 7) is 2.66. The molecule has 0 fully saturated rings. The summed E-state index contributed by atoms with van der Waals surface area (Å²) in [5.41, 5.74) is 2.69. The van der Waals surface area contributed by atoms with Gasteiger partial charge in [-0.3, -0.25) is 0 Å². The van der Waals surface area contributed by atoms with E-state index in [0.717, 1.165) is 25.8 Å². The minimum Gasteiger partial charge on any atom is -0.385 e. The van der Waals surface area contributed by atoms with Crippen molar-refractivity contribution in [1.82, 2.24) is 0 Å². The van der Waals surface area contributed by atoms with E-state index in [1.807, 2.05) is 0 Å². The molecule has 20 heavy (non-hydrogen) atoms. The summed E-state index contributed by atoms with van der Waals surface area (Å²) in [6, 6.07) is 8.48. The molecule has 3 N–H and O–H groups in total. The lowest BCUT2D eigenvalue weighted by molar-refractivity contribution is -0.662. The van der Waals surface area contributed by atoms with Gasteiger partial charge in [0.15, 0.2) is 0 Å². The van der Waals surface area contributed by atoms with Gasteiger partial charge in [0.1, 0.15) is 12.6 Å². The second kappa shape index (κ2) is 8.37. The second-order valence-electron chi connectivity index (χ2n) is 5.37. The lowest BCUT2D eigenvalue weighted by atomic mass is 9.89. The van der Waals surface area contributed by atoms with Gasteiger partial charge in [0, 0.05) is 7.11 Å². The molecule has 2 rings (SSSR count). The van der Waals surface area contributed by atoms with E-state index in [9.17, 15) is 5.11 Å². The van der Waals surface area contributed by atoms with Gasteiger partial charge < -0.3 is 19.9 Å². The Morgan fingerprint density at radius 1 is 1.40 bits per heavy atom. The van der Waals surface area contributed by atoms with Crippen molar-refractivity contribution in [2.45, 2.75) is 31.5 Å². The topological polar surface area (TPSA) is 55.3 Å². The van der Waals surface area contributed by atoms with Crippen LogP contribution < -0.4 is 5.32 Å². The molecule has 0 aromatic heterocycles. The number of rotatable bonds is 8. The molecule has 1 aliphatic rings. The van der Waals surface area contributed by atoms with Crippen LogP contribution in [-0.2, 0) is 15.9 Å². The second-order valence-corrected chi connectivity index (χ2v) is 5.37. The van der Waals surface area contributed by atoms with Crippen LogP contribution in [0.25, 0.3) is 0 Å². The molecule has 0 heterocycles. The summed E-state index contributed by atoms with van der Waals surface area (Å²) in [4.78, 5) is 0. The van der Waals surface area contributed by atoms with Crippen molar-refractivity contribution in [2.24, 2.45) is 0 Å². The van der Waals surface area contributed by atoms with E-state index in [0.29, 0.717) is 19.8 Å². The quantitative estimate of drug-likeness (QED) is 0.688. The Hall–Kier alpha value is -0.940. The van der Waals surface area contributed by atoms with Crippen molar-refractivity contribution in [2.75, 3.05) is 33.4 Å². The lowest BCUT2D eigenvalue weighted by Gasteiger charge is -2.26. The predicted octanol–water partition coefficient (Wildman–Crippen LogP) is 0.651. The highest BCUT2D eigenvalue weighted by Crippen LogP contribution is 2.32. The third-order valence-corrected chi connectivity index (χ3v) is 3.77. The number of methoxy groups -OCH3 is 1. The van der Waals surface area contributed by atoms with E-state index >= 15 is 0 Å². The molecule has 1 aromatic carbocycles. The van der Waals surface area contributed by atoms with E-state index in [4.69, 9.17) is 9.47 Å². The molecule has 2 atom stereocenters. The van der Waals surface area contributed by atoms with Crippen molar-refractivity contribution in [1.29, 1.82) is 0 Å². The predicted molar refractivity (Wildman–Crippen MR) is 77.6 cm³/mol. The molecule has 0 bridgehead atoms. The lowest BCUT2D eigenvalue weighted by Crippen LogP contribution is -2.87. The van der Waals surface area contributed by atoms with Crippen LogP contribution in [0.3, 0.4) is 0 Å². The minimum absolute atomic E-state index is 0.147. The summed E-state index contributed by atoms with van der Waals surface area (Å²) in [5, 5.41) is 12.0. The van der Waals surface area contributed by atoms with Crippen molar-refractivity contribution in [3.63, 3.8) is 0 Å². The van der Waals surface area contributed by atoms with Gasteiger partial charge >= 0.3 is 0 Å². The third-order valence-electron chi connectivity index (χ3n) is 3.77. The zero-order valence-electron chi connectivity index (χ0n) is 12.3. The van der Waals surface area contributed by atoms with Crippen molar-refractivity contribution in [3.8, 4) is 0 Å². The Morgan fingerprint density at radius 2 is 2.25 bits per heavy atom. The number of aryl methyl sites for hydroxylation is 1. The third kappa shape index (κ3) is 4.56. The zero-order chi connectivity index (χ0) is 14.2. The summed E-state index contributed by atoms with van der Waals surface area (Å²) < 4.78 is 10.9. The number of quaternary nitrogens is 1. The van der Waals surface area contributed by atoms with Gasteiger partial charge in [-0.05, 0) is 30.4 Å². The van der Waals surface area contributed by atoms with E-state index in [1.54, 1.807) is 7.11 Å². The molecule has 0 spiro atoms. The number of hydrogen-bond acceptors (Lipinski definition) is 3. The number of nitrogens with two attached hydrogens (primary N) is 1. The molecule has 1 aromatic rings. The molecular weight excluding hydrogens is 254 g/mol. The normalized spacial score (nSPS) is 19.6. The molecular formula is C16H26NO3+. The zero-order valence-corrected chi connectivity index (χ0v) is 12.3. The van der Waals surface area contributed by atoms with Gasteiger partial charge in [0.2, 0.25) is 0 Å². The van der Waals surface area contributed by atoms with Crippen molar-refractivity contribution < 1.29 is 19.9 Å². The molecule has 0 aliphatic heterocycles. The van der Waals surface area contributed by atoms with Crippen LogP contribution in [0.1, 0.15) is 30.1 Å². The first-order chi connectivity index (χ1) is 9.81. The summed E-state index contributed by atoms with van der Waals surface area (Å²) in [7, 11) is 1.69. The Labute approximate surface area is 121 Å². The van der Waals surface area contributed by atoms with Gasteiger partial charge in [-0.1, -0.05) is 24.3 Å². The number of hydrogen-bond donors (Lipinski definition) is 2. The number of benzene rings is 1. The van der Waals surface area contributed by atoms with Gasteiger partial charge in [0.25, 0.3) is 0 Å². The average Bonchev–Trinajstić information content (AvgIpc) is 2.49. The Kier molecular flexibility index (Phi) is 6.47. The number of ether oxygens (including phenoxy) is 2. The fourth-order valence-corrected chi connectivity index (χ4v) is 2.69. The summed E-state index contributed by atoms with van der Waals surface area (Å²) in [5.74, 6) is 0. The van der Waals surface area contributed by atoms with Crippen LogP contribution in [0.2, 0.25) is 0 Å². The standard InChI is InChI=1S/C16H25NO3/c1-19-10-9-17-11-14(18)12-20-16-8-4-6-13-5-2-3-7-15(13)16/h2-3,5,7,14,16-18H,4,6,8-12H2,1H3/p+1/t14-,16-/m1/s1. The number of fused-ring (bicyclic) bond motifs is 1. The molecule has 0 saturated carbocycles. The van der Waals surface area contributed by atoms with E-state index < -0.39 is 6.10 Å². The van der Waals surface area contributed by atoms with Gasteiger partial charge in [-0.25, -0.2) is 0 Å². The number of aliphatic hydroxyl groups is 1. The van der Waals surface area contributed by atoms with E-state index in [-0.39, 0.29) is 6.10 Å². The highest BCUT2D eigenvalue weighted by Gasteiger charge is 2.21. The molecule has 1 aliphatic carbocycles. The van der Waals surface area contributed by atoms with E-state index in [1.165, 1.54) is 11.1 Å². The first-order valence-corrected chi connectivity index (χ1v) is 7.49. The smallest absolute Gasteiger partial charge is 0.126 e. The number of aliphatic hydroxyl groups excluding tert-OH is 1. The fourth-order valence-electron chi connectivity index (χ4n) is 2.69. The van der Waals surface area contributed by atoms with Crippen LogP contribution in [0.15, 0.2) is 24.3 Å². The Morgan fingerprint density at radius 3 is 3.10 bits per heavy atom. The Balaban J connectivity index is 1.74. The van der Waals surface area contributed by atoms with Crippen LogP contribution in [0.4, 0.5) is 0 Å². The van der Waals surface area contributed by atoms with Crippen molar-refractivity contribution in [3.05, 3.63) is 35.4 Å². The maximum atomic E-state index is 9.93. The highest BCUT2D eigenvalue weighted by atomic mass is 16.5. The molecule has 4 heteroatoms. The molecule has 0 unspecified atom stereocenters. The monoisotopic (exact) mass is 280 g/mol. The van der Waals surface area contributed by atoms with Crippen LogP contribution in [-0.4, -0.2) is 44.6 Å². The molecule has 112 valence electrons. The summed E-state index contributed by atoms with van der Waals surface area (Å²) in [6.07, 6.45) is 3.09. The van der Waals surface area contributed by atoms with Crippen LogP contribution in [0.5, 0.6) is 0 Å². The maximum Gasteiger partial charge on any atom is 0.126 e. The minimum atomic E-state index is -0.416. The Bertz CT molecular complexity index is 397. The molecule has 4 nitrogen and oxygen atoms in total. The molecule has 0 saturated heterocycles. The average molecular weight is 280 g/mol. The van der Waals surface area contributed by atoms with Gasteiger partial charge in [-0.2, -0.15) is 0 Å². The van der Waals surface area contributed by atoms with Crippen LogP contribution in [0, 0.1) is 0 Å². The van der Waals surface area contributed by atoms with Gasteiger partial charge in [-0.15, -0.1) is 0 Å². The van der Waals surface area contributed by atoms with Crippen LogP contribution >= 0.6 is 0 Å². The molecule has 0 radical (unpaired) electrons. The van der Waals surface area contributed by atoms with Gasteiger partial charge in [0.05, 0.1) is 25.9 Å². The maximum absolute atomic E-state index is 9.93.